The predicted octanol–water partition coefficient (Wildman–Crippen LogP) is 2.64. The number of amides is 2. The molecule has 2 amide bonds. The monoisotopic (exact) mass is 332 g/mol. The molecule has 0 radical (unpaired) electrons. The molecule has 1 aromatic carbocycles. The fourth-order valence-electron chi connectivity index (χ4n) is 2.78. The average molecular weight is 332 g/mol. The van der Waals surface area contributed by atoms with Crippen molar-refractivity contribution in [3.63, 3.8) is 0 Å². The lowest BCUT2D eigenvalue weighted by molar-refractivity contribution is -0.118. The second kappa shape index (κ2) is 8.80. The first-order chi connectivity index (χ1) is 11.5. The summed E-state index contributed by atoms with van der Waals surface area (Å²) in [6.45, 7) is 6.15. The second-order valence-corrected chi connectivity index (χ2v) is 6.78. The van der Waals surface area contributed by atoms with E-state index in [1.165, 1.54) is 0 Å². The quantitative estimate of drug-likeness (QED) is 0.619. The van der Waals surface area contributed by atoms with Gasteiger partial charge in [-0.05, 0) is 43.0 Å². The molecule has 0 bridgehead atoms. The fourth-order valence-corrected chi connectivity index (χ4v) is 2.78. The van der Waals surface area contributed by atoms with E-state index in [1.807, 2.05) is 13.8 Å². The van der Waals surface area contributed by atoms with Gasteiger partial charge in [0.05, 0.1) is 0 Å². The van der Waals surface area contributed by atoms with Crippen molar-refractivity contribution in [1.29, 1.82) is 0 Å². The summed E-state index contributed by atoms with van der Waals surface area (Å²) in [6, 6.07) is 7.34. The summed E-state index contributed by atoms with van der Waals surface area (Å²) in [5.41, 5.74) is 7.67. The molecule has 0 aliphatic carbocycles. The van der Waals surface area contributed by atoms with Gasteiger partial charge in [-0.1, -0.05) is 27.2 Å². The van der Waals surface area contributed by atoms with E-state index in [2.05, 4.69) is 28.4 Å². The Bertz CT molecular complexity index is 557. The Morgan fingerprint density at radius 2 is 1.75 bits per heavy atom. The molecule has 0 aromatic heterocycles. The van der Waals surface area contributed by atoms with Crippen LogP contribution in [-0.2, 0) is 9.59 Å². The largest absolute Gasteiger partial charge is 0.326 e. The molecule has 1 aliphatic heterocycles. The Morgan fingerprint density at radius 1 is 1.12 bits per heavy atom. The summed E-state index contributed by atoms with van der Waals surface area (Å²) in [7, 11) is 0. The maximum atomic E-state index is 12.3. The number of benzene rings is 1. The van der Waals surface area contributed by atoms with E-state index in [9.17, 15) is 9.59 Å². The highest BCUT2D eigenvalue weighted by Crippen LogP contribution is 2.16. The van der Waals surface area contributed by atoms with Crippen LogP contribution in [0.25, 0.3) is 0 Å². The number of nitrogens with one attached hydrogen (secondary N) is 4. The number of anilines is 2. The smallest absolute Gasteiger partial charge is 0.242 e. The van der Waals surface area contributed by atoms with E-state index in [-0.39, 0.29) is 17.9 Å². The lowest BCUT2D eigenvalue weighted by atomic mass is 10.1. The Labute approximate surface area is 143 Å². The Hall–Kier alpha value is -1.92. The summed E-state index contributed by atoms with van der Waals surface area (Å²) >= 11 is 0. The third-order valence-corrected chi connectivity index (χ3v) is 3.97. The molecule has 6 heteroatoms. The van der Waals surface area contributed by atoms with E-state index in [0.29, 0.717) is 18.4 Å². The first kappa shape index (κ1) is 18.4. The molecule has 0 spiro atoms. The van der Waals surface area contributed by atoms with Crippen LogP contribution in [-0.4, -0.2) is 23.9 Å². The molecule has 2 unspecified atom stereocenters. The molecular formula is C18H28N4O2. The molecule has 1 fully saturated rings. The number of carbonyl (C=O) groups is 2. The van der Waals surface area contributed by atoms with Gasteiger partial charge in [-0.25, -0.2) is 5.43 Å². The van der Waals surface area contributed by atoms with E-state index in [4.69, 9.17) is 0 Å². The summed E-state index contributed by atoms with van der Waals surface area (Å²) < 4.78 is 0. The van der Waals surface area contributed by atoms with Crippen molar-refractivity contribution in [1.82, 2.24) is 10.9 Å². The molecule has 2 rings (SSSR count). The van der Waals surface area contributed by atoms with Gasteiger partial charge in [0.2, 0.25) is 11.8 Å². The van der Waals surface area contributed by atoms with Crippen molar-refractivity contribution in [3.8, 4) is 0 Å². The van der Waals surface area contributed by atoms with Crippen LogP contribution in [0.5, 0.6) is 0 Å². The van der Waals surface area contributed by atoms with Crippen molar-refractivity contribution in [3.05, 3.63) is 24.3 Å². The van der Waals surface area contributed by atoms with E-state index in [1.54, 1.807) is 24.3 Å². The van der Waals surface area contributed by atoms with Crippen molar-refractivity contribution >= 4 is 23.2 Å². The van der Waals surface area contributed by atoms with E-state index < -0.39 is 0 Å². The van der Waals surface area contributed by atoms with Crippen LogP contribution in [0, 0.1) is 5.92 Å². The first-order valence-corrected chi connectivity index (χ1v) is 8.69. The summed E-state index contributed by atoms with van der Waals surface area (Å²) in [5.74, 6) is 0.287. The fraction of sp³-hybridized carbons (Fsp3) is 0.556. The molecule has 132 valence electrons. The number of rotatable bonds is 7. The second-order valence-electron chi connectivity index (χ2n) is 6.78. The molecule has 1 aromatic rings. The van der Waals surface area contributed by atoms with Gasteiger partial charge in [0, 0.05) is 23.8 Å². The summed E-state index contributed by atoms with van der Waals surface area (Å²) in [6.07, 6.45) is 3.44. The molecule has 4 N–H and O–H groups in total. The molecule has 1 aliphatic rings. The van der Waals surface area contributed by atoms with Crippen LogP contribution in [0.1, 0.15) is 46.5 Å². The normalized spacial score (nSPS) is 20.2. The lowest BCUT2D eigenvalue weighted by Crippen LogP contribution is -2.40. The number of hydrazine groups is 1. The van der Waals surface area contributed by atoms with E-state index in [0.717, 1.165) is 30.6 Å². The summed E-state index contributed by atoms with van der Waals surface area (Å²) in [5, 5.41) is 5.76. The van der Waals surface area contributed by atoms with Gasteiger partial charge in [-0.15, -0.1) is 0 Å². The average Bonchev–Trinajstić information content (AvgIpc) is 2.97. The third kappa shape index (κ3) is 5.62. The Balaban J connectivity index is 1.83. The van der Waals surface area contributed by atoms with Crippen LogP contribution in [0.15, 0.2) is 24.3 Å². The van der Waals surface area contributed by atoms with Gasteiger partial charge in [0.25, 0.3) is 0 Å². The number of hydrogen-bond donors (Lipinski definition) is 4. The zero-order chi connectivity index (χ0) is 17.5. The first-order valence-electron chi connectivity index (χ1n) is 8.69. The SMILES string of the molecule is CCCC1CC(C(=O)Nc2ccc(NC(=O)CC(C)C)cc2)NN1. The Kier molecular flexibility index (Phi) is 6.75. The van der Waals surface area contributed by atoms with Crippen molar-refractivity contribution in [2.24, 2.45) is 5.92 Å². The van der Waals surface area contributed by atoms with Gasteiger partial charge in [0.1, 0.15) is 6.04 Å². The van der Waals surface area contributed by atoms with Gasteiger partial charge in [-0.3, -0.25) is 15.0 Å². The highest BCUT2D eigenvalue weighted by Gasteiger charge is 2.28. The molecule has 24 heavy (non-hydrogen) atoms. The van der Waals surface area contributed by atoms with E-state index >= 15 is 0 Å². The van der Waals surface area contributed by atoms with Crippen molar-refractivity contribution in [2.75, 3.05) is 10.6 Å². The van der Waals surface area contributed by atoms with Crippen LogP contribution >= 0.6 is 0 Å². The maximum absolute atomic E-state index is 12.3. The minimum absolute atomic E-state index is 0.00461. The molecule has 2 atom stereocenters. The minimum atomic E-state index is -0.216. The highest BCUT2D eigenvalue weighted by molar-refractivity contribution is 5.95. The molecule has 0 saturated carbocycles. The van der Waals surface area contributed by atoms with Gasteiger partial charge in [0.15, 0.2) is 0 Å². The Morgan fingerprint density at radius 3 is 2.33 bits per heavy atom. The van der Waals surface area contributed by atoms with Crippen LogP contribution in [0.3, 0.4) is 0 Å². The predicted molar refractivity (Wildman–Crippen MR) is 96.5 cm³/mol. The van der Waals surface area contributed by atoms with Gasteiger partial charge >= 0.3 is 0 Å². The minimum Gasteiger partial charge on any atom is -0.326 e. The highest BCUT2D eigenvalue weighted by atomic mass is 16.2. The molecule has 1 saturated heterocycles. The number of carbonyl (C=O) groups excluding carboxylic acids is 2. The van der Waals surface area contributed by atoms with Crippen molar-refractivity contribution < 1.29 is 9.59 Å². The van der Waals surface area contributed by atoms with Crippen LogP contribution in [0.2, 0.25) is 0 Å². The van der Waals surface area contributed by atoms with Crippen LogP contribution < -0.4 is 21.5 Å². The van der Waals surface area contributed by atoms with Gasteiger partial charge in [-0.2, -0.15) is 0 Å². The molecular weight excluding hydrogens is 304 g/mol. The molecule has 6 nitrogen and oxygen atoms in total. The number of hydrogen-bond acceptors (Lipinski definition) is 4. The zero-order valence-electron chi connectivity index (χ0n) is 14.7. The topological polar surface area (TPSA) is 82.3 Å². The van der Waals surface area contributed by atoms with Crippen molar-refractivity contribution in [2.45, 2.75) is 58.5 Å². The third-order valence-electron chi connectivity index (χ3n) is 3.97. The summed E-state index contributed by atoms with van der Waals surface area (Å²) in [4.78, 5) is 24.0. The molecule has 1 heterocycles. The standard InChI is InChI=1S/C18H28N4O2/c1-4-5-15-11-16(22-21-15)18(24)20-14-8-6-13(7-9-14)19-17(23)10-12(2)3/h6-9,12,15-16,21-22H,4-5,10-11H2,1-3H3,(H,19,23)(H,20,24). The van der Waals surface area contributed by atoms with Gasteiger partial charge < -0.3 is 10.6 Å². The zero-order valence-corrected chi connectivity index (χ0v) is 14.7. The maximum Gasteiger partial charge on any atom is 0.242 e. The lowest BCUT2D eigenvalue weighted by Gasteiger charge is -2.12. The van der Waals surface area contributed by atoms with Crippen LogP contribution in [0.4, 0.5) is 11.4 Å².